The molecule has 0 aliphatic carbocycles. The molecule has 0 N–H and O–H groups in total. The largest absolute Gasteiger partial charge is 0.454 e. The monoisotopic (exact) mass is 443 g/mol. The smallest absolute Gasteiger partial charge is 0.252 e. The van der Waals surface area contributed by atoms with Gasteiger partial charge in [-0.3, -0.25) is 9.69 Å². The summed E-state index contributed by atoms with van der Waals surface area (Å²) in [6.07, 6.45) is 3.34. The highest BCUT2D eigenvalue weighted by Crippen LogP contribution is 2.36. The van der Waals surface area contributed by atoms with Crippen LogP contribution in [0.25, 0.3) is 16.3 Å². The Bertz CT molecular complexity index is 1090. The van der Waals surface area contributed by atoms with Crippen molar-refractivity contribution in [2.24, 2.45) is 0 Å². The van der Waals surface area contributed by atoms with Crippen molar-refractivity contribution in [3.8, 4) is 11.5 Å². The van der Waals surface area contributed by atoms with Crippen LogP contribution in [0.2, 0.25) is 5.02 Å². The predicted octanol–water partition coefficient (Wildman–Crippen LogP) is 4.59. The van der Waals surface area contributed by atoms with Crippen LogP contribution in [0.15, 0.2) is 36.4 Å². The number of nitrogens with zero attached hydrogens (tertiary/aromatic N) is 3. The number of anilines is 1. The predicted molar refractivity (Wildman–Crippen MR) is 122 cm³/mol. The number of carbonyl (C=O) groups is 1. The Morgan fingerprint density at radius 2 is 2.00 bits per heavy atom. The number of carbonyl (C=O) groups excluding carboxylic acids is 1. The first-order valence-corrected chi connectivity index (χ1v) is 10.7. The second-order valence-corrected chi connectivity index (χ2v) is 8.66. The van der Waals surface area contributed by atoms with Gasteiger partial charge < -0.3 is 14.4 Å². The quantitative estimate of drug-likeness (QED) is 0.521. The molecule has 6 nitrogen and oxygen atoms in total. The summed E-state index contributed by atoms with van der Waals surface area (Å²) in [6, 6.07) is 9.40. The molecule has 2 aromatic carbocycles. The normalized spacial score (nSPS) is 13.0. The zero-order valence-electron chi connectivity index (χ0n) is 17.0. The fraction of sp³-hybridized carbons (Fsp3) is 0.273. The van der Waals surface area contributed by atoms with Crippen LogP contribution in [-0.2, 0) is 4.79 Å². The van der Waals surface area contributed by atoms with E-state index in [0.29, 0.717) is 34.7 Å². The van der Waals surface area contributed by atoms with Crippen molar-refractivity contribution in [3.63, 3.8) is 0 Å². The van der Waals surface area contributed by atoms with Gasteiger partial charge in [-0.05, 0) is 56.4 Å². The minimum Gasteiger partial charge on any atom is -0.454 e. The fourth-order valence-electron chi connectivity index (χ4n) is 3.08. The summed E-state index contributed by atoms with van der Waals surface area (Å²) in [7, 11) is 3.95. The third kappa shape index (κ3) is 4.28. The van der Waals surface area contributed by atoms with Crippen molar-refractivity contribution in [2.45, 2.75) is 6.92 Å². The number of hydrogen-bond acceptors (Lipinski definition) is 6. The van der Waals surface area contributed by atoms with Crippen molar-refractivity contribution in [2.75, 3.05) is 38.9 Å². The molecule has 2 heterocycles. The lowest BCUT2D eigenvalue weighted by molar-refractivity contribution is -0.114. The number of hydrogen-bond donors (Lipinski definition) is 0. The van der Waals surface area contributed by atoms with Gasteiger partial charge in [0.05, 0.1) is 15.2 Å². The van der Waals surface area contributed by atoms with Gasteiger partial charge in [0.1, 0.15) is 0 Å². The zero-order valence-corrected chi connectivity index (χ0v) is 18.6. The maximum Gasteiger partial charge on any atom is 0.252 e. The summed E-state index contributed by atoms with van der Waals surface area (Å²) in [5.74, 6) is 1.26. The van der Waals surface area contributed by atoms with Crippen LogP contribution >= 0.6 is 22.9 Å². The van der Waals surface area contributed by atoms with Gasteiger partial charge in [0.15, 0.2) is 16.6 Å². The summed E-state index contributed by atoms with van der Waals surface area (Å²) < 4.78 is 11.6. The van der Waals surface area contributed by atoms with Crippen molar-refractivity contribution in [1.82, 2.24) is 9.88 Å². The van der Waals surface area contributed by atoms with Crippen LogP contribution < -0.4 is 14.4 Å². The van der Waals surface area contributed by atoms with E-state index in [1.165, 1.54) is 11.3 Å². The van der Waals surface area contributed by atoms with Gasteiger partial charge in [-0.2, -0.15) is 0 Å². The SMILES string of the molecule is Cc1ccc(Cl)c2sc(N(CCN(C)C)C(=O)C=Cc3ccc4c(c3)OCO4)nc12. The van der Waals surface area contributed by atoms with Gasteiger partial charge >= 0.3 is 0 Å². The first-order valence-electron chi connectivity index (χ1n) is 9.52. The highest BCUT2D eigenvalue weighted by atomic mass is 35.5. The highest BCUT2D eigenvalue weighted by Gasteiger charge is 2.20. The van der Waals surface area contributed by atoms with Gasteiger partial charge in [0.25, 0.3) is 5.91 Å². The van der Waals surface area contributed by atoms with Crippen molar-refractivity contribution < 1.29 is 14.3 Å². The van der Waals surface area contributed by atoms with E-state index in [2.05, 4.69) is 0 Å². The van der Waals surface area contributed by atoms with E-state index >= 15 is 0 Å². The molecule has 0 atom stereocenters. The second kappa shape index (κ2) is 8.63. The molecule has 8 heteroatoms. The van der Waals surface area contributed by atoms with E-state index in [1.54, 1.807) is 17.1 Å². The molecule has 1 aliphatic heterocycles. The first-order chi connectivity index (χ1) is 14.4. The Morgan fingerprint density at radius 1 is 1.20 bits per heavy atom. The van der Waals surface area contributed by atoms with Crippen LogP contribution in [0.1, 0.15) is 11.1 Å². The number of fused-ring (bicyclic) bond motifs is 2. The summed E-state index contributed by atoms with van der Waals surface area (Å²) in [6.45, 7) is 3.45. The lowest BCUT2D eigenvalue weighted by Gasteiger charge is -2.20. The number of aryl methyl sites for hydroxylation is 1. The molecule has 0 bridgehead atoms. The minimum atomic E-state index is -0.137. The number of ether oxygens (including phenoxy) is 2. The number of benzene rings is 2. The average Bonchev–Trinajstić information content (AvgIpc) is 3.36. The maximum atomic E-state index is 13.1. The Balaban J connectivity index is 1.62. The number of aromatic nitrogens is 1. The summed E-state index contributed by atoms with van der Waals surface area (Å²) >= 11 is 7.80. The number of halogens is 1. The van der Waals surface area contributed by atoms with E-state index in [1.807, 2.05) is 56.3 Å². The summed E-state index contributed by atoms with van der Waals surface area (Å²) in [5, 5.41) is 1.29. The number of likely N-dealkylation sites (N-methyl/N-ethyl adjacent to an activating group) is 1. The Morgan fingerprint density at radius 3 is 2.77 bits per heavy atom. The Labute approximate surface area is 184 Å². The van der Waals surface area contributed by atoms with Crippen LogP contribution in [0.4, 0.5) is 5.13 Å². The molecule has 0 saturated heterocycles. The van der Waals surface area contributed by atoms with Gasteiger partial charge in [-0.25, -0.2) is 4.98 Å². The van der Waals surface area contributed by atoms with E-state index < -0.39 is 0 Å². The standard InChI is InChI=1S/C22H22ClN3O3S/c1-14-4-7-16(23)21-20(14)24-22(30-21)26(11-10-25(2)3)19(27)9-6-15-5-8-17-18(12-15)29-13-28-17/h4-9,12H,10-11,13H2,1-3H3. The lowest BCUT2D eigenvalue weighted by atomic mass is 10.2. The molecular weight excluding hydrogens is 422 g/mol. The van der Waals surface area contributed by atoms with E-state index in [4.69, 9.17) is 26.1 Å². The molecule has 3 aromatic rings. The van der Waals surface area contributed by atoms with Gasteiger partial charge in [-0.15, -0.1) is 0 Å². The van der Waals surface area contributed by atoms with Gasteiger partial charge in [0, 0.05) is 19.2 Å². The molecule has 1 aromatic heterocycles. The fourth-order valence-corrected chi connectivity index (χ4v) is 4.43. The number of amides is 1. The van der Waals surface area contributed by atoms with Crippen molar-refractivity contribution in [1.29, 1.82) is 0 Å². The van der Waals surface area contributed by atoms with Crippen LogP contribution in [0.3, 0.4) is 0 Å². The van der Waals surface area contributed by atoms with Crippen LogP contribution in [0, 0.1) is 6.92 Å². The molecular formula is C22H22ClN3O3S. The summed E-state index contributed by atoms with van der Waals surface area (Å²) in [5.41, 5.74) is 2.74. The van der Waals surface area contributed by atoms with E-state index in [-0.39, 0.29) is 12.7 Å². The van der Waals surface area contributed by atoms with Gasteiger partial charge in [-0.1, -0.05) is 35.1 Å². The topological polar surface area (TPSA) is 54.9 Å². The first kappa shape index (κ1) is 20.7. The van der Waals surface area contributed by atoms with Gasteiger partial charge in [0.2, 0.25) is 6.79 Å². The molecule has 0 fully saturated rings. The molecule has 30 heavy (non-hydrogen) atoms. The van der Waals surface area contributed by atoms with E-state index in [0.717, 1.165) is 21.3 Å². The lowest BCUT2D eigenvalue weighted by Crippen LogP contribution is -2.35. The van der Waals surface area contributed by atoms with Crippen molar-refractivity contribution in [3.05, 3.63) is 52.6 Å². The third-order valence-corrected chi connectivity index (χ3v) is 6.31. The molecule has 0 saturated carbocycles. The molecule has 156 valence electrons. The highest BCUT2D eigenvalue weighted by molar-refractivity contribution is 7.23. The second-order valence-electron chi connectivity index (χ2n) is 7.28. The van der Waals surface area contributed by atoms with Crippen LogP contribution in [-0.4, -0.2) is 49.8 Å². The molecule has 1 aliphatic rings. The summed E-state index contributed by atoms with van der Waals surface area (Å²) in [4.78, 5) is 21.6. The van der Waals surface area contributed by atoms with Crippen molar-refractivity contribution >= 4 is 50.3 Å². The Hall–Kier alpha value is -2.61. The number of rotatable bonds is 6. The van der Waals surface area contributed by atoms with E-state index in [9.17, 15) is 4.79 Å². The minimum absolute atomic E-state index is 0.137. The third-order valence-electron chi connectivity index (χ3n) is 4.77. The Kier molecular flexibility index (Phi) is 5.94. The maximum absolute atomic E-state index is 13.1. The molecule has 1 amide bonds. The molecule has 4 rings (SSSR count). The average molecular weight is 444 g/mol. The number of thiazole rings is 1. The molecule has 0 radical (unpaired) electrons. The molecule has 0 unspecified atom stereocenters. The van der Waals surface area contributed by atoms with Crippen LogP contribution in [0.5, 0.6) is 11.5 Å². The zero-order chi connectivity index (χ0) is 21.3. The molecule has 0 spiro atoms.